The quantitative estimate of drug-likeness (QED) is 0.472. The van der Waals surface area contributed by atoms with Gasteiger partial charge in [0.1, 0.15) is 0 Å². The largest absolute Gasteiger partial charge is 0.264 e. The molecule has 1 aromatic heterocycles. The molecule has 58 valence electrons. The number of nitrogens with zero attached hydrogens (tertiary/aromatic N) is 2. The molecular weight excluding hydrogens is 144 g/mol. The average Bonchev–Trinajstić information content (AvgIpc) is 1.93. The summed E-state index contributed by atoms with van der Waals surface area (Å²) in [6.45, 7) is 1.70. The van der Waals surface area contributed by atoms with E-state index in [1.54, 1.807) is 12.1 Å². The first-order valence-corrected chi connectivity index (χ1v) is 3.22. The van der Waals surface area contributed by atoms with Gasteiger partial charge in [0.15, 0.2) is 0 Å². The third-order valence-electron chi connectivity index (χ3n) is 1.28. The molecule has 1 heterocycles. The Labute approximate surface area is 64.0 Å². The molecule has 0 spiro atoms. The Hall–Kier alpha value is -1.45. The number of hydrogen-bond donors (Lipinski definition) is 0. The van der Waals surface area contributed by atoms with Crippen LogP contribution in [0.3, 0.4) is 0 Å². The normalized spacial score (nSPS) is 9.55. The van der Waals surface area contributed by atoms with Gasteiger partial charge in [-0.1, -0.05) is 0 Å². The molecule has 11 heavy (non-hydrogen) atoms. The number of hydrogen-bond acceptors (Lipinski definition) is 3. The van der Waals surface area contributed by atoms with Gasteiger partial charge < -0.3 is 0 Å². The Balaban J connectivity index is 2.74. The van der Waals surface area contributed by atoms with Crippen molar-refractivity contribution in [2.75, 3.05) is 0 Å². The van der Waals surface area contributed by atoms with E-state index in [4.69, 9.17) is 0 Å². The predicted molar refractivity (Wildman–Crippen MR) is 39.7 cm³/mol. The fourth-order valence-corrected chi connectivity index (χ4v) is 0.741. The molecular formula is C7H8N2O2. The number of nitro groups is 1. The van der Waals surface area contributed by atoms with Crippen molar-refractivity contribution in [2.24, 2.45) is 0 Å². The molecule has 0 amide bonds. The zero-order chi connectivity index (χ0) is 8.27. The lowest BCUT2D eigenvalue weighted by atomic mass is 10.2. The molecule has 0 atom stereocenters. The van der Waals surface area contributed by atoms with Crippen LogP contribution in [0.25, 0.3) is 0 Å². The van der Waals surface area contributed by atoms with Crippen LogP contribution in [0.5, 0.6) is 0 Å². The summed E-state index contributed by atoms with van der Waals surface area (Å²) in [5.74, 6) is 0. The van der Waals surface area contributed by atoms with E-state index < -0.39 is 0 Å². The van der Waals surface area contributed by atoms with Crippen molar-refractivity contribution in [3.8, 4) is 0 Å². The summed E-state index contributed by atoms with van der Waals surface area (Å²) in [7, 11) is 0. The summed E-state index contributed by atoms with van der Waals surface area (Å²) in [5.41, 5.74) is 1.51. The van der Waals surface area contributed by atoms with Crippen molar-refractivity contribution in [1.29, 1.82) is 0 Å². The highest BCUT2D eigenvalue weighted by Crippen LogP contribution is 1.99. The monoisotopic (exact) mass is 152 g/mol. The van der Waals surface area contributed by atoms with E-state index in [2.05, 4.69) is 4.98 Å². The minimum absolute atomic E-state index is 0.146. The fraction of sp³-hybridized carbons (Fsp3) is 0.286. The molecule has 0 saturated heterocycles. The smallest absolute Gasteiger partial charge is 0.230 e. The summed E-state index contributed by atoms with van der Waals surface area (Å²) < 4.78 is 0. The third kappa shape index (κ3) is 2.33. The number of rotatable bonds is 2. The molecule has 0 aliphatic carbocycles. The van der Waals surface area contributed by atoms with Gasteiger partial charge in [-0.05, 0) is 19.1 Å². The highest BCUT2D eigenvalue weighted by atomic mass is 16.6. The number of aryl methyl sites for hydroxylation is 1. The molecule has 0 bridgehead atoms. The molecule has 0 fully saturated rings. The molecule has 0 unspecified atom stereocenters. The van der Waals surface area contributed by atoms with E-state index in [1.807, 2.05) is 6.92 Å². The molecule has 0 saturated carbocycles. The predicted octanol–water partition coefficient (Wildman–Crippen LogP) is 1.17. The van der Waals surface area contributed by atoms with Crippen LogP contribution in [0.15, 0.2) is 18.3 Å². The molecule has 4 nitrogen and oxygen atoms in total. The summed E-state index contributed by atoms with van der Waals surface area (Å²) in [6, 6.07) is 3.48. The van der Waals surface area contributed by atoms with Crippen molar-refractivity contribution in [1.82, 2.24) is 4.98 Å². The summed E-state index contributed by atoms with van der Waals surface area (Å²) in [4.78, 5) is 13.6. The Kier molecular flexibility index (Phi) is 2.15. The van der Waals surface area contributed by atoms with Crippen molar-refractivity contribution in [3.05, 3.63) is 39.7 Å². The zero-order valence-electron chi connectivity index (χ0n) is 6.15. The van der Waals surface area contributed by atoms with Gasteiger partial charge in [0.2, 0.25) is 6.54 Å². The molecule has 1 aromatic rings. The van der Waals surface area contributed by atoms with Crippen LogP contribution in [0, 0.1) is 17.0 Å². The maximum Gasteiger partial charge on any atom is 0.230 e. The minimum Gasteiger partial charge on any atom is -0.264 e. The van der Waals surface area contributed by atoms with Gasteiger partial charge >= 0.3 is 0 Å². The van der Waals surface area contributed by atoms with Crippen molar-refractivity contribution >= 4 is 0 Å². The summed E-state index contributed by atoms with van der Waals surface area (Å²) in [5, 5.41) is 10.0. The second-order valence-electron chi connectivity index (χ2n) is 2.30. The molecule has 0 aliphatic rings. The van der Waals surface area contributed by atoms with Crippen LogP contribution in [-0.4, -0.2) is 9.91 Å². The molecule has 0 aromatic carbocycles. The first kappa shape index (κ1) is 7.65. The second kappa shape index (κ2) is 3.09. The first-order valence-electron chi connectivity index (χ1n) is 3.22. The maximum absolute atomic E-state index is 10.0. The molecule has 0 N–H and O–H groups in total. The van der Waals surface area contributed by atoms with Gasteiger partial charge in [-0.2, -0.15) is 0 Å². The Morgan fingerprint density at radius 2 is 2.36 bits per heavy atom. The lowest BCUT2D eigenvalue weighted by Crippen LogP contribution is -1.98. The van der Waals surface area contributed by atoms with Gasteiger partial charge in [-0.25, -0.2) is 0 Å². The highest BCUT2D eigenvalue weighted by molar-refractivity contribution is 5.11. The Morgan fingerprint density at radius 1 is 1.64 bits per heavy atom. The highest BCUT2D eigenvalue weighted by Gasteiger charge is 1.99. The Morgan fingerprint density at radius 3 is 2.82 bits per heavy atom. The molecule has 4 heteroatoms. The zero-order valence-corrected chi connectivity index (χ0v) is 6.15. The van der Waals surface area contributed by atoms with Gasteiger partial charge in [0.05, 0.1) is 0 Å². The van der Waals surface area contributed by atoms with Crippen molar-refractivity contribution in [3.63, 3.8) is 0 Å². The first-order chi connectivity index (χ1) is 5.18. The maximum atomic E-state index is 10.0. The molecule has 1 rings (SSSR count). The van der Waals surface area contributed by atoms with Crippen LogP contribution in [0.4, 0.5) is 0 Å². The molecule has 0 aliphatic heterocycles. The second-order valence-corrected chi connectivity index (χ2v) is 2.30. The average molecular weight is 152 g/mol. The van der Waals surface area contributed by atoms with Crippen LogP contribution >= 0.6 is 0 Å². The van der Waals surface area contributed by atoms with Crippen molar-refractivity contribution < 1.29 is 4.92 Å². The van der Waals surface area contributed by atoms with E-state index >= 15 is 0 Å². The van der Waals surface area contributed by atoms with Gasteiger partial charge in [0.25, 0.3) is 0 Å². The molecule has 0 radical (unpaired) electrons. The van der Waals surface area contributed by atoms with Gasteiger partial charge in [-0.3, -0.25) is 15.1 Å². The number of aromatic nitrogens is 1. The van der Waals surface area contributed by atoms with E-state index in [0.717, 1.165) is 5.69 Å². The van der Waals surface area contributed by atoms with Gasteiger partial charge in [0, 0.05) is 22.4 Å². The van der Waals surface area contributed by atoms with Crippen LogP contribution in [-0.2, 0) is 6.54 Å². The SMILES string of the molecule is Cc1ccc(C[N+](=O)[O-])cn1. The minimum atomic E-state index is -0.369. The number of pyridine rings is 1. The fourth-order valence-electron chi connectivity index (χ4n) is 0.741. The van der Waals surface area contributed by atoms with E-state index in [0.29, 0.717) is 5.56 Å². The Bertz CT molecular complexity index is 256. The lowest BCUT2D eigenvalue weighted by Gasteiger charge is -1.93. The standard InChI is InChI=1S/C7H8N2O2/c1-6-2-3-7(4-8-6)5-9(10)11/h2-4H,5H2,1H3. The topological polar surface area (TPSA) is 56.0 Å². The van der Waals surface area contributed by atoms with E-state index in [-0.39, 0.29) is 11.5 Å². The van der Waals surface area contributed by atoms with E-state index in [1.165, 1.54) is 6.20 Å². The van der Waals surface area contributed by atoms with Crippen LogP contribution in [0.2, 0.25) is 0 Å². The van der Waals surface area contributed by atoms with E-state index in [9.17, 15) is 10.1 Å². The van der Waals surface area contributed by atoms with Gasteiger partial charge in [-0.15, -0.1) is 0 Å². The van der Waals surface area contributed by atoms with Crippen LogP contribution in [0.1, 0.15) is 11.3 Å². The van der Waals surface area contributed by atoms with Crippen molar-refractivity contribution in [2.45, 2.75) is 13.5 Å². The third-order valence-corrected chi connectivity index (χ3v) is 1.28. The lowest BCUT2D eigenvalue weighted by molar-refractivity contribution is -0.496. The van der Waals surface area contributed by atoms with Crippen LogP contribution < -0.4 is 0 Å². The summed E-state index contributed by atoms with van der Waals surface area (Å²) >= 11 is 0. The summed E-state index contributed by atoms with van der Waals surface area (Å²) in [6.07, 6.45) is 1.53.